The van der Waals surface area contributed by atoms with E-state index in [9.17, 15) is 9.50 Å². The lowest BCUT2D eigenvalue weighted by molar-refractivity contribution is 0.145. The molecule has 0 bridgehead atoms. The van der Waals surface area contributed by atoms with Gasteiger partial charge in [-0.3, -0.25) is 0 Å². The van der Waals surface area contributed by atoms with E-state index >= 15 is 0 Å². The van der Waals surface area contributed by atoms with Crippen LogP contribution in [-0.2, 0) is 0 Å². The Bertz CT molecular complexity index is 645. The van der Waals surface area contributed by atoms with Crippen molar-refractivity contribution in [1.82, 2.24) is 0 Å². The number of aryl methyl sites for hydroxylation is 2. The third kappa shape index (κ3) is 3.26. The van der Waals surface area contributed by atoms with Crippen LogP contribution in [0, 0.1) is 19.7 Å². The smallest absolute Gasteiger partial charge is 0.145 e. The first-order valence-corrected chi connectivity index (χ1v) is 7.22. The lowest BCUT2D eigenvalue weighted by Gasteiger charge is -2.24. The maximum absolute atomic E-state index is 14.2. The first kappa shape index (κ1) is 16.0. The van der Waals surface area contributed by atoms with Crippen LogP contribution in [-0.4, -0.2) is 11.7 Å². The van der Waals surface area contributed by atoms with Crippen LogP contribution >= 0.6 is 11.6 Å². The van der Waals surface area contributed by atoms with Gasteiger partial charge >= 0.3 is 0 Å². The second-order valence-corrected chi connectivity index (χ2v) is 5.70. The molecule has 0 heterocycles. The molecule has 0 aromatic heterocycles. The molecule has 0 amide bonds. The summed E-state index contributed by atoms with van der Waals surface area (Å²) in [6, 6.07) is 10.6. The topological polar surface area (TPSA) is 46.2 Å². The second kappa shape index (κ2) is 6.56. The molecule has 21 heavy (non-hydrogen) atoms. The van der Waals surface area contributed by atoms with Crippen LogP contribution in [0.4, 0.5) is 4.39 Å². The Labute approximate surface area is 129 Å². The van der Waals surface area contributed by atoms with E-state index in [1.54, 1.807) is 12.1 Å². The summed E-state index contributed by atoms with van der Waals surface area (Å²) in [6.45, 7) is 4.00. The third-order valence-electron chi connectivity index (χ3n) is 3.77. The molecule has 2 aromatic rings. The molecule has 0 radical (unpaired) electrons. The van der Waals surface area contributed by atoms with Gasteiger partial charge in [-0.1, -0.05) is 47.5 Å². The number of benzene rings is 2. The quantitative estimate of drug-likeness (QED) is 0.900. The molecule has 0 aliphatic carbocycles. The van der Waals surface area contributed by atoms with E-state index in [1.807, 2.05) is 32.0 Å². The molecule has 112 valence electrons. The molecule has 0 saturated heterocycles. The van der Waals surface area contributed by atoms with Gasteiger partial charge in [0.2, 0.25) is 0 Å². The zero-order valence-electron chi connectivity index (χ0n) is 12.1. The molecular weight excluding hydrogens is 289 g/mol. The number of halogens is 2. The molecule has 0 aliphatic rings. The zero-order chi connectivity index (χ0) is 15.6. The van der Waals surface area contributed by atoms with E-state index in [0.29, 0.717) is 5.56 Å². The van der Waals surface area contributed by atoms with Crippen molar-refractivity contribution in [2.24, 2.45) is 5.73 Å². The van der Waals surface area contributed by atoms with Crippen molar-refractivity contribution in [3.8, 4) is 0 Å². The fraction of sp³-hybridized carbons (Fsp3) is 0.294. The Kier molecular flexibility index (Phi) is 4.99. The Balaban J connectivity index is 2.45. The molecular formula is C17H19ClFNO. The Morgan fingerprint density at radius 3 is 2.57 bits per heavy atom. The summed E-state index contributed by atoms with van der Waals surface area (Å²) in [6.07, 6.45) is -0.872. The average Bonchev–Trinajstić information content (AvgIpc) is 2.46. The minimum atomic E-state index is -0.872. The van der Waals surface area contributed by atoms with E-state index in [4.69, 9.17) is 17.3 Å². The van der Waals surface area contributed by atoms with Gasteiger partial charge in [-0.15, -0.1) is 0 Å². The van der Waals surface area contributed by atoms with Crippen molar-refractivity contribution in [2.75, 3.05) is 6.54 Å². The summed E-state index contributed by atoms with van der Waals surface area (Å²) < 4.78 is 14.2. The van der Waals surface area contributed by atoms with Crippen molar-refractivity contribution in [3.05, 3.63) is 69.5 Å². The standard InChI is InChI=1S/C17H19ClFNO/c1-10-6-7-11(2)13(8-10)17(21)14(9-20)12-4-3-5-15(18)16(12)19/h3-8,14,17,21H,9,20H2,1-2H3. The molecule has 2 unspecified atom stereocenters. The van der Waals surface area contributed by atoms with Gasteiger partial charge in [0.25, 0.3) is 0 Å². The van der Waals surface area contributed by atoms with Gasteiger partial charge in [0.05, 0.1) is 11.1 Å². The van der Waals surface area contributed by atoms with Gasteiger partial charge in [-0.25, -0.2) is 4.39 Å². The highest BCUT2D eigenvalue weighted by molar-refractivity contribution is 6.30. The summed E-state index contributed by atoms with van der Waals surface area (Å²) in [4.78, 5) is 0. The van der Waals surface area contributed by atoms with E-state index < -0.39 is 17.8 Å². The van der Waals surface area contributed by atoms with E-state index in [0.717, 1.165) is 16.7 Å². The predicted molar refractivity (Wildman–Crippen MR) is 84.1 cm³/mol. The Hall–Kier alpha value is -1.42. The number of aliphatic hydroxyl groups excluding tert-OH is 1. The molecule has 3 N–H and O–H groups in total. The molecule has 2 atom stereocenters. The molecule has 2 aromatic carbocycles. The fourth-order valence-corrected chi connectivity index (χ4v) is 2.71. The minimum absolute atomic E-state index is 0.0408. The van der Waals surface area contributed by atoms with Gasteiger partial charge in [-0.05, 0) is 36.6 Å². The van der Waals surface area contributed by atoms with Crippen molar-refractivity contribution >= 4 is 11.6 Å². The fourth-order valence-electron chi connectivity index (χ4n) is 2.53. The second-order valence-electron chi connectivity index (χ2n) is 5.29. The van der Waals surface area contributed by atoms with E-state index in [2.05, 4.69) is 0 Å². The SMILES string of the molecule is Cc1ccc(C)c(C(O)C(CN)c2cccc(Cl)c2F)c1. The van der Waals surface area contributed by atoms with Crippen LogP contribution in [0.15, 0.2) is 36.4 Å². The van der Waals surface area contributed by atoms with Crippen LogP contribution in [0.1, 0.15) is 34.3 Å². The molecule has 0 saturated carbocycles. The highest BCUT2D eigenvalue weighted by Gasteiger charge is 2.26. The monoisotopic (exact) mass is 307 g/mol. The highest BCUT2D eigenvalue weighted by Crippen LogP contribution is 2.35. The van der Waals surface area contributed by atoms with Gasteiger partial charge in [0.1, 0.15) is 5.82 Å². The lowest BCUT2D eigenvalue weighted by Crippen LogP contribution is -2.22. The summed E-state index contributed by atoms with van der Waals surface area (Å²) in [5.74, 6) is -1.05. The molecule has 0 spiro atoms. The first-order chi connectivity index (χ1) is 9.95. The van der Waals surface area contributed by atoms with E-state index in [-0.39, 0.29) is 11.6 Å². The number of rotatable bonds is 4. The van der Waals surface area contributed by atoms with Crippen LogP contribution < -0.4 is 5.73 Å². The molecule has 0 aliphatic heterocycles. The van der Waals surface area contributed by atoms with E-state index in [1.165, 1.54) is 6.07 Å². The molecule has 2 nitrogen and oxygen atoms in total. The normalized spacial score (nSPS) is 14.0. The highest BCUT2D eigenvalue weighted by atomic mass is 35.5. The Morgan fingerprint density at radius 1 is 1.19 bits per heavy atom. The number of nitrogens with two attached hydrogens (primary N) is 1. The van der Waals surface area contributed by atoms with Crippen molar-refractivity contribution in [3.63, 3.8) is 0 Å². The molecule has 4 heteroatoms. The van der Waals surface area contributed by atoms with Crippen LogP contribution in [0.2, 0.25) is 5.02 Å². The number of hydrogen-bond donors (Lipinski definition) is 2. The third-order valence-corrected chi connectivity index (χ3v) is 4.06. The average molecular weight is 308 g/mol. The summed E-state index contributed by atoms with van der Waals surface area (Å²) in [7, 11) is 0. The largest absolute Gasteiger partial charge is 0.388 e. The summed E-state index contributed by atoms with van der Waals surface area (Å²) in [5.41, 5.74) is 8.89. The zero-order valence-corrected chi connectivity index (χ0v) is 12.9. The maximum Gasteiger partial charge on any atom is 0.145 e. The predicted octanol–water partition coefficient (Wildman–Crippen LogP) is 3.87. The van der Waals surface area contributed by atoms with Crippen LogP contribution in [0.3, 0.4) is 0 Å². The first-order valence-electron chi connectivity index (χ1n) is 6.85. The minimum Gasteiger partial charge on any atom is -0.388 e. The maximum atomic E-state index is 14.2. The Morgan fingerprint density at radius 2 is 1.90 bits per heavy atom. The van der Waals surface area contributed by atoms with Crippen LogP contribution in [0.25, 0.3) is 0 Å². The lowest BCUT2D eigenvalue weighted by atomic mass is 9.86. The van der Waals surface area contributed by atoms with Crippen LogP contribution in [0.5, 0.6) is 0 Å². The number of hydrogen-bond acceptors (Lipinski definition) is 2. The van der Waals surface area contributed by atoms with Gasteiger partial charge in [-0.2, -0.15) is 0 Å². The van der Waals surface area contributed by atoms with Gasteiger partial charge < -0.3 is 10.8 Å². The van der Waals surface area contributed by atoms with Gasteiger partial charge in [0.15, 0.2) is 0 Å². The number of aliphatic hydroxyl groups is 1. The van der Waals surface area contributed by atoms with Crippen molar-refractivity contribution < 1.29 is 9.50 Å². The van der Waals surface area contributed by atoms with Crippen molar-refractivity contribution in [2.45, 2.75) is 25.9 Å². The van der Waals surface area contributed by atoms with Gasteiger partial charge in [0, 0.05) is 12.5 Å². The summed E-state index contributed by atoms with van der Waals surface area (Å²) >= 11 is 5.82. The summed E-state index contributed by atoms with van der Waals surface area (Å²) in [5, 5.41) is 10.7. The van der Waals surface area contributed by atoms with Crippen molar-refractivity contribution in [1.29, 1.82) is 0 Å². The molecule has 2 rings (SSSR count). The molecule has 0 fully saturated rings.